The summed E-state index contributed by atoms with van der Waals surface area (Å²) in [6.45, 7) is 5.86. The van der Waals surface area contributed by atoms with Crippen molar-refractivity contribution in [2.75, 3.05) is 26.7 Å². The highest BCUT2D eigenvalue weighted by atomic mass is 127. The zero-order valence-corrected chi connectivity index (χ0v) is 19.1. The molecule has 27 heavy (non-hydrogen) atoms. The van der Waals surface area contributed by atoms with Gasteiger partial charge < -0.3 is 15.8 Å². The van der Waals surface area contributed by atoms with E-state index in [9.17, 15) is 0 Å². The average molecular weight is 500 g/mol. The number of methoxy groups -OCH3 is 1. The molecule has 0 amide bonds. The third-order valence-electron chi connectivity index (χ3n) is 4.87. The molecule has 2 aromatic rings. The van der Waals surface area contributed by atoms with Crippen LogP contribution in [0.2, 0.25) is 0 Å². The molecule has 3 rings (SSSR count). The maximum absolute atomic E-state index is 6.02. The predicted octanol–water partition coefficient (Wildman–Crippen LogP) is 3.27. The molecule has 0 aliphatic carbocycles. The lowest BCUT2D eigenvalue weighted by atomic mass is 10.1. The summed E-state index contributed by atoms with van der Waals surface area (Å²) in [6, 6.07) is 10.7. The normalized spacial score (nSPS) is 15.6. The molecule has 0 saturated carbocycles. The zero-order chi connectivity index (χ0) is 18.4. The van der Waals surface area contributed by atoms with Crippen LogP contribution in [0.25, 0.3) is 0 Å². The fraction of sp³-hybridized carbons (Fsp3) is 0.450. The second kappa shape index (κ2) is 10.9. The van der Waals surface area contributed by atoms with E-state index in [-0.39, 0.29) is 24.0 Å². The summed E-state index contributed by atoms with van der Waals surface area (Å²) in [7, 11) is 1.68. The van der Waals surface area contributed by atoms with Crippen molar-refractivity contribution in [2.45, 2.75) is 32.4 Å². The highest BCUT2D eigenvalue weighted by Crippen LogP contribution is 2.25. The number of halogens is 1. The Morgan fingerprint density at radius 3 is 2.85 bits per heavy atom. The maximum atomic E-state index is 6.02. The minimum Gasteiger partial charge on any atom is -0.497 e. The topological polar surface area (TPSA) is 62.9 Å². The SMILES string of the molecule is COc1ccc(CCNC(N)=NCC(C)N2CCc3sccc3C2)cc1.I. The number of nitrogens with zero attached hydrogens (tertiary/aromatic N) is 2. The maximum Gasteiger partial charge on any atom is 0.188 e. The van der Waals surface area contributed by atoms with Crippen LogP contribution in [0.15, 0.2) is 40.7 Å². The third-order valence-corrected chi connectivity index (χ3v) is 5.89. The molecule has 2 heterocycles. The van der Waals surface area contributed by atoms with Gasteiger partial charge in [-0.15, -0.1) is 35.3 Å². The number of nitrogens with two attached hydrogens (primary N) is 1. The van der Waals surface area contributed by atoms with Gasteiger partial charge in [-0.25, -0.2) is 0 Å². The van der Waals surface area contributed by atoms with Gasteiger partial charge in [0.05, 0.1) is 13.7 Å². The van der Waals surface area contributed by atoms with Crippen LogP contribution in [0.4, 0.5) is 0 Å². The van der Waals surface area contributed by atoms with Gasteiger partial charge in [-0.3, -0.25) is 9.89 Å². The first-order chi connectivity index (χ1) is 12.7. The van der Waals surface area contributed by atoms with Crippen molar-refractivity contribution in [3.8, 4) is 5.75 Å². The van der Waals surface area contributed by atoms with Gasteiger partial charge in [0.25, 0.3) is 0 Å². The quantitative estimate of drug-likeness (QED) is 0.348. The predicted molar refractivity (Wildman–Crippen MR) is 125 cm³/mol. The van der Waals surface area contributed by atoms with Gasteiger partial charge in [-0.05, 0) is 54.5 Å². The summed E-state index contributed by atoms with van der Waals surface area (Å²) >= 11 is 1.88. The van der Waals surface area contributed by atoms with E-state index in [1.807, 2.05) is 23.5 Å². The van der Waals surface area contributed by atoms with Crippen LogP contribution in [0.5, 0.6) is 5.75 Å². The van der Waals surface area contributed by atoms with E-state index >= 15 is 0 Å². The molecular formula is C20H29IN4OS. The van der Waals surface area contributed by atoms with Crippen molar-refractivity contribution in [2.24, 2.45) is 10.7 Å². The Labute approximate surface area is 183 Å². The van der Waals surface area contributed by atoms with Gasteiger partial charge in [0, 0.05) is 30.6 Å². The largest absolute Gasteiger partial charge is 0.497 e. The molecule has 0 radical (unpaired) electrons. The number of rotatable bonds is 7. The zero-order valence-electron chi connectivity index (χ0n) is 16.0. The van der Waals surface area contributed by atoms with E-state index in [2.05, 4.69) is 45.7 Å². The Morgan fingerprint density at radius 1 is 1.33 bits per heavy atom. The van der Waals surface area contributed by atoms with Crippen LogP contribution in [0.3, 0.4) is 0 Å². The smallest absolute Gasteiger partial charge is 0.188 e. The Hall–Kier alpha value is -1.32. The molecule has 7 heteroatoms. The van der Waals surface area contributed by atoms with Crippen molar-refractivity contribution >= 4 is 41.3 Å². The van der Waals surface area contributed by atoms with Crippen molar-refractivity contribution in [3.63, 3.8) is 0 Å². The van der Waals surface area contributed by atoms with Crippen LogP contribution in [-0.4, -0.2) is 43.6 Å². The van der Waals surface area contributed by atoms with Crippen LogP contribution in [0.1, 0.15) is 22.9 Å². The number of thiophene rings is 1. The van der Waals surface area contributed by atoms with Crippen molar-refractivity contribution in [1.29, 1.82) is 0 Å². The molecule has 5 nitrogen and oxygen atoms in total. The minimum absolute atomic E-state index is 0. The van der Waals surface area contributed by atoms with E-state index in [4.69, 9.17) is 10.5 Å². The van der Waals surface area contributed by atoms with Gasteiger partial charge in [-0.1, -0.05) is 12.1 Å². The van der Waals surface area contributed by atoms with Crippen molar-refractivity contribution in [3.05, 3.63) is 51.7 Å². The van der Waals surface area contributed by atoms with Gasteiger partial charge >= 0.3 is 0 Å². The first kappa shape index (κ1) is 22.0. The Balaban J connectivity index is 0.00000261. The lowest BCUT2D eigenvalue weighted by Crippen LogP contribution is -2.40. The lowest BCUT2D eigenvalue weighted by molar-refractivity contribution is 0.197. The molecule has 1 atom stereocenters. The molecule has 1 aromatic carbocycles. The molecule has 0 spiro atoms. The third kappa shape index (κ3) is 6.36. The van der Waals surface area contributed by atoms with Crippen LogP contribution in [0, 0.1) is 0 Å². The number of benzene rings is 1. The summed E-state index contributed by atoms with van der Waals surface area (Å²) in [5, 5.41) is 5.41. The molecule has 0 fully saturated rings. The average Bonchev–Trinajstić information content (AvgIpc) is 3.14. The van der Waals surface area contributed by atoms with Crippen molar-refractivity contribution in [1.82, 2.24) is 10.2 Å². The summed E-state index contributed by atoms with van der Waals surface area (Å²) < 4.78 is 5.17. The fourth-order valence-corrected chi connectivity index (χ4v) is 4.07. The number of fused-ring (bicyclic) bond motifs is 1. The van der Waals surface area contributed by atoms with Gasteiger partial charge in [0.15, 0.2) is 5.96 Å². The molecule has 1 aliphatic rings. The molecule has 1 unspecified atom stereocenters. The highest BCUT2D eigenvalue weighted by Gasteiger charge is 2.21. The molecule has 1 aliphatic heterocycles. The van der Waals surface area contributed by atoms with E-state index in [0.717, 1.165) is 44.8 Å². The summed E-state index contributed by atoms with van der Waals surface area (Å²) in [5.74, 6) is 1.41. The molecular weight excluding hydrogens is 471 g/mol. The number of aliphatic imine (C=N–C) groups is 1. The standard InChI is InChI=1S/C20H28N4OS.HI/c1-15(24-11-8-19-17(14-24)9-12-26-19)13-23-20(21)22-10-7-16-3-5-18(25-2)6-4-16;/h3-6,9,12,15H,7-8,10-11,13-14H2,1-2H3,(H3,21,22,23);1H. The number of hydrogen-bond acceptors (Lipinski definition) is 4. The summed E-state index contributed by atoms with van der Waals surface area (Å²) in [6.07, 6.45) is 2.06. The Morgan fingerprint density at radius 2 is 2.11 bits per heavy atom. The second-order valence-corrected chi connectivity index (χ2v) is 7.69. The number of nitrogens with one attached hydrogen (secondary N) is 1. The summed E-state index contributed by atoms with van der Waals surface area (Å²) in [5.41, 5.74) is 8.75. The van der Waals surface area contributed by atoms with E-state index in [0.29, 0.717) is 12.0 Å². The van der Waals surface area contributed by atoms with E-state index < -0.39 is 0 Å². The van der Waals surface area contributed by atoms with E-state index in [1.54, 1.807) is 7.11 Å². The first-order valence-corrected chi connectivity index (χ1v) is 9.99. The molecule has 148 valence electrons. The van der Waals surface area contributed by atoms with Gasteiger partial charge in [0.1, 0.15) is 5.75 Å². The summed E-state index contributed by atoms with van der Waals surface area (Å²) in [4.78, 5) is 8.55. The van der Waals surface area contributed by atoms with Gasteiger partial charge in [-0.2, -0.15) is 0 Å². The number of guanidine groups is 1. The molecule has 3 N–H and O–H groups in total. The molecule has 1 aromatic heterocycles. The minimum atomic E-state index is 0. The fourth-order valence-electron chi connectivity index (χ4n) is 3.18. The molecule has 0 bridgehead atoms. The Kier molecular flexibility index (Phi) is 8.85. The second-order valence-electron chi connectivity index (χ2n) is 6.69. The number of ether oxygens (including phenoxy) is 1. The highest BCUT2D eigenvalue weighted by molar-refractivity contribution is 14.0. The number of hydrogen-bond donors (Lipinski definition) is 2. The van der Waals surface area contributed by atoms with Gasteiger partial charge in [0.2, 0.25) is 0 Å². The lowest BCUT2D eigenvalue weighted by Gasteiger charge is -2.31. The van der Waals surface area contributed by atoms with Crippen LogP contribution in [-0.2, 0) is 19.4 Å². The van der Waals surface area contributed by atoms with Crippen LogP contribution >= 0.6 is 35.3 Å². The van der Waals surface area contributed by atoms with Crippen molar-refractivity contribution < 1.29 is 4.74 Å². The van der Waals surface area contributed by atoms with E-state index in [1.165, 1.54) is 16.0 Å². The van der Waals surface area contributed by atoms with Crippen LogP contribution < -0.4 is 15.8 Å². The first-order valence-electron chi connectivity index (χ1n) is 9.11. The molecule has 0 saturated heterocycles. The monoisotopic (exact) mass is 500 g/mol. The Bertz CT molecular complexity index is 732.